The van der Waals surface area contributed by atoms with Crippen molar-refractivity contribution in [1.29, 1.82) is 0 Å². The topological polar surface area (TPSA) is 0 Å². The van der Waals surface area contributed by atoms with Crippen molar-refractivity contribution >= 4 is 74.6 Å². The standard InChI is InChI=1S/C46H28S/c1-2-11-33-27-35(22-19-29(33)9-1)45-39-15-7-5-13-37(39)44(38-14-6-8-16-40(38)45)32-20-17-30(18-21-32)34-24-26-43-42(28-34)41-25-23-31-10-3-4-12-36(31)46(41)47-43/h1-28H. The van der Waals surface area contributed by atoms with Crippen molar-refractivity contribution in [3.8, 4) is 33.4 Å². The van der Waals surface area contributed by atoms with Crippen LogP contribution in [0.15, 0.2) is 170 Å². The third kappa shape index (κ3) is 4.14. The summed E-state index contributed by atoms with van der Waals surface area (Å²) in [5, 5.41) is 13.0. The van der Waals surface area contributed by atoms with Gasteiger partial charge in [-0.2, -0.15) is 0 Å². The first-order valence-electron chi connectivity index (χ1n) is 16.2. The lowest BCUT2D eigenvalue weighted by Gasteiger charge is -2.18. The summed E-state index contributed by atoms with van der Waals surface area (Å²) in [7, 11) is 0. The second-order valence-corrected chi connectivity index (χ2v) is 13.5. The van der Waals surface area contributed by atoms with Crippen LogP contribution < -0.4 is 0 Å². The molecule has 1 heteroatoms. The van der Waals surface area contributed by atoms with E-state index in [0.29, 0.717) is 0 Å². The molecule has 0 nitrogen and oxygen atoms in total. The zero-order valence-electron chi connectivity index (χ0n) is 25.6. The van der Waals surface area contributed by atoms with Crippen LogP contribution in [0.4, 0.5) is 0 Å². The molecule has 0 saturated carbocycles. The maximum absolute atomic E-state index is 2.38. The minimum absolute atomic E-state index is 1.23. The monoisotopic (exact) mass is 612 g/mol. The quantitative estimate of drug-likeness (QED) is 0.174. The summed E-state index contributed by atoms with van der Waals surface area (Å²) in [5.41, 5.74) is 7.56. The molecule has 0 aliphatic carbocycles. The highest BCUT2D eigenvalue weighted by Crippen LogP contribution is 2.45. The maximum Gasteiger partial charge on any atom is 0.0433 e. The molecule has 47 heavy (non-hydrogen) atoms. The van der Waals surface area contributed by atoms with Gasteiger partial charge in [0.15, 0.2) is 0 Å². The first-order valence-corrected chi connectivity index (χ1v) is 17.0. The molecule has 218 valence electrons. The van der Waals surface area contributed by atoms with Crippen LogP contribution in [0, 0.1) is 0 Å². The molecule has 0 bridgehead atoms. The summed E-state index contributed by atoms with van der Waals surface area (Å²) in [6, 6.07) is 62.7. The van der Waals surface area contributed by atoms with Gasteiger partial charge in [-0.1, -0.05) is 152 Å². The second-order valence-electron chi connectivity index (χ2n) is 12.5. The van der Waals surface area contributed by atoms with Crippen LogP contribution in [-0.4, -0.2) is 0 Å². The van der Waals surface area contributed by atoms with E-state index in [4.69, 9.17) is 0 Å². The first-order chi connectivity index (χ1) is 23.3. The minimum atomic E-state index is 1.23. The molecule has 0 unspecified atom stereocenters. The van der Waals surface area contributed by atoms with Crippen molar-refractivity contribution in [2.45, 2.75) is 0 Å². The molecule has 0 fully saturated rings. The maximum atomic E-state index is 2.38. The minimum Gasteiger partial charge on any atom is -0.135 e. The fourth-order valence-electron chi connectivity index (χ4n) is 7.61. The SMILES string of the molecule is c1ccc2cc(-c3c4ccccc4c(-c4ccc(-c5ccc6sc7c8ccccc8ccc7c6c5)cc4)c4ccccc34)ccc2c1. The van der Waals surface area contributed by atoms with Crippen molar-refractivity contribution in [2.75, 3.05) is 0 Å². The van der Waals surface area contributed by atoms with E-state index in [1.165, 1.54) is 96.6 Å². The molecule has 0 spiro atoms. The number of rotatable bonds is 3. The zero-order valence-corrected chi connectivity index (χ0v) is 26.4. The molecule has 0 aliphatic rings. The largest absolute Gasteiger partial charge is 0.135 e. The van der Waals surface area contributed by atoms with Gasteiger partial charge < -0.3 is 0 Å². The van der Waals surface area contributed by atoms with Gasteiger partial charge in [-0.25, -0.2) is 0 Å². The van der Waals surface area contributed by atoms with Gasteiger partial charge >= 0.3 is 0 Å². The Morgan fingerprint density at radius 2 is 0.787 bits per heavy atom. The van der Waals surface area contributed by atoms with Crippen molar-refractivity contribution in [3.05, 3.63) is 170 Å². The Hall–Kier alpha value is -5.76. The molecule has 10 aromatic rings. The van der Waals surface area contributed by atoms with Crippen LogP contribution in [-0.2, 0) is 0 Å². The van der Waals surface area contributed by atoms with Gasteiger partial charge in [0.1, 0.15) is 0 Å². The van der Waals surface area contributed by atoms with Gasteiger partial charge in [-0.15, -0.1) is 11.3 Å². The molecule has 0 saturated heterocycles. The molecule has 0 amide bonds. The molecular weight excluding hydrogens is 585 g/mol. The van der Waals surface area contributed by atoms with E-state index in [1.54, 1.807) is 0 Å². The highest BCUT2D eigenvalue weighted by molar-refractivity contribution is 7.26. The molecule has 0 radical (unpaired) electrons. The van der Waals surface area contributed by atoms with Crippen LogP contribution in [0.3, 0.4) is 0 Å². The van der Waals surface area contributed by atoms with Crippen LogP contribution in [0.5, 0.6) is 0 Å². The van der Waals surface area contributed by atoms with E-state index in [2.05, 4.69) is 170 Å². The smallest absolute Gasteiger partial charge is 0.0433 e. The second kappa shape index (κ2) is 10.4. The summed E-state index contributed by atoms with van der Waals surface area (Å²) >= 11 is 1.90. The van der Waals surface area contributed by atoms with Gasteiger partial charge in [-0.05, 0) is 94.7 Å². The van der Waals surface area contributed by atoms with Gasteiger partial charge in [0.05, 0.1) is 0 Å². The van der Waals surface area contributed by atoms with E-state index >= 15 is 0 Å². The number of hydrogen-bond donors (Lipinski definition) is 0. The molecule has 0 aliphatic heterocycles. The number of benzene rings is 9. The lowest BCUT2D eigenvalue weighted by Crippen LogP contribution is -1.91. The van der Waals surface area contributed by atoms with Gasteiger partial charge in [0.25, 0.3) is 0 Å². The third-order valence-corrected chi connectivity index (χ3v) is 11.1. The highest BCUT2D eigenvalue weighted by atomic mass is 32.1. The molecule has 9 aromatic carbocycles. The Kier molecular flexibility index (Phi) is 5.85. The fourth-order valence-corrected chi connectivity index (χ4v) is 8.83. The number of hydrogen-bond acceptors (Lipinski definition) is 1. The van der Waals surface area contributed by atoms with Crippen LogP contribution in [0.2, 0.25) is 0 Å². The summed E-state index contributed by atoms with van der Waals surface area (Å²) in [6.07, 6.45) is 0. The molecular formula is C46H28S. The summed E-state index contributed by atoms with van der Waals surface area (Å²) < 4.78 is 2.71. The molecule has 0 atom stereocenters. The Balaban J connectivity index is 1.13. The predicted octanol–water partition coefficient (Wildman–Crippen LogP) is 13.7. The lowest BCUT2D eigenvalue weighted by molar-refractivity contribution is 1.63. The average molecular weight is 613 g/mol. The summed E-state index contributed by atoms with van der Waals surface area (Å²) in [5.74, 6) is 0. The zero-order chi connectivity index (χ0) is 30.9. The van der Waals surface area contributed by atoms with E-state index < -0.39 is 0 Å². The third-order valence-electron chi connectivity index (χ3n) is 9.84. The van der Waals surface area contributed by atoms with Gasteiger partial charge in [0.2, 0.25) is 0 Å². The highest BCUT2D eigenvalue weighted by Gasteiger charge is 2.17. The van der Waals surface area contributed by atoms with E-state index in [0.717, 1.165) is 0 Å². The lowest BCUT2D eigenvalue weighted by atomic mass is 9.85. The Morgan fingerprint density at radius 1 is 0.277 bits per heavy atom. The van der Waals surface area contributed by atoms with Crippen molar-refractivity contribution in [1.82, 2.24) is 0 Å². The first kappa shape index (κ1) is 26.5. The molecule has 10 rings (SSSR count). The molecule has 0 N–H and O–H groups in total. The van der Waals surface area contributed by atoms with E-state index in [-0.39, 0.29) is 0 Å². The predicted molar refractivity (Wildman–Crippen MR) is 206 cm³/mol. The van der Waals surface area contributed by atoms with Gasteiger partial charge in [0, 0.05) is 20.2 Å². The van der Waals surface area contributed by atoms with Crippen LogP contribution in [0.25, 0.3) is 96.6 Å². The number of fused-ring (bicyclic) bond motifs is 8. The van der Waals surface area contributed by atoms with Gasteiger partial charge in [-0.3, -0.25) is 0 Å². The fraction of sp³-hybridized carbons (Fsp3) is 0. The van der Waals surface area contributed by atoms with Crippen molar-refractivity contribution in [2.24, 2.45) is 0 Å². The molecule has 1 aromatic heterocycles. The Morgan fingerprint density at radius 3 is 1.49 bits per heavy atom. The Labute approximate surface area is 276 Å². The van der Waals surface area contributed by atoms with Crippen molar-refractivity contribution in [3.63, 3.8) is 0 Å². The Bertz CT molecular complexity index is 2780. The molecule has 1 heterocycles. The van der Waals surface area contributed by atoms with Crippen LogP contribution >= 0.6 is 11.3 Å². The van der Waals surface area contributed by atoms with E-state index in [9.17, 15) is 0 Å². The number of thiophene rings is 1. The van der Waals surface area contributed by atoms with Crippen molar-refractivity contribution < 1.29 is 0 Å². The normalized spacial score (nSPS) is 11.8. The van der Waals surface area contributed by atoms with Crippen LogP contribution in [0.1, 0.15) is 0 Å². The van der Waals surface area contributed by atoms with E-state index in [1.807, 2.05) is 11.3 Å². The average Bonchev–Trinajstić information content (AvgIpc) is 3.52. The summed E-state index contributed by atoms with van der Waals surface area (Å²) in [6.45, 7) is 0. The summed E-state index contributed by atoms with van der Waals surface area (Å²) in [4.78, 5) is 0.